The van der Waals surface area contributed by atoms with Gasteiger partial charge < -0.3 is 20.1 Å². The van der Waals surface area contributed by atoms with Gasteiger partial charge in [0.15, 0.2) is 0 Å². The van der Waals surface area contributed by atoms with Crippen LogP contribution in [0.15, 0.2) is 24.3 Å². The van der Waals surface area contributed by atoms with Crippen molar-refractivity contribution in [3.8, 4) is 5.75 Å². The Labute approximate surface area is 158 Å². The summed E-state index contributed by atoms with van der Waals surface area (Å²) in [4.78, 5) is 11.4. The Kier molecular flexibility index (Phi) is 6.49. The van der Waals surface area contributed by atoms with Gasteiger partial charge in [0, 0.05) is 43.0 Å². The van der Waals surface area contributed by atoms with Crippen LogP contribution in [0.25, 0.3) is 0 Å². The van der Waals surface area contributed by atoms with Crippen LogP contribution >= 0.6 is 11.6 Å². The number of benzene rings is 1. The monoisotopic (exact) mass is 377 g/mol. The summed E-state index contributed by atoms with van der Waals surface area (Å²) < 4.78 is 10.7. The van der Waals surface area contributed by atoms with Crippen molar-refractivity contribution >= 4 is 29.1 Å². The minimum Gasteiger partial charge on any atom is -0.495 e. The van der Waals surface area contributed by atoms with Crippen LogP contribution < -0.4 is 15.4 Å². The lowest BCUT2D eigenvalue weighted by atomic mass is 10.3. The van der Waals surface area contributed by atoms with E-state index in [9.17, 15) is 0 Å². The molecular formula is C18H24ClN5O2. The number of aromatic nitrogens is 2. The molecule has 1 aromatic carbocycles. The highest BCUT2D eigenvalue weighted by molar-refractivity contribution is 6.31. The van der Waals surface area contributed by atoms with Crippen molar-refractivity contribution in [3.63, 3.8) is 0 Å². The highest BCUT2D eigenvalue weighted by Crippen LogP contribution is 2.29. The highest BCUT2D eigenvalue weighted by Gasteiger charge is 2.11. The van der Waals surface area contributed by atoms with Crippen molar-refractivity contribution in [2.45, 2.75) is 6.92 Å². The van der Waals surface area contributed by atoms with Crippen molar-refractivity contribution in [1.82, 2.24) is 14.9 Å². The molecule has 0 amide bonds. The van der Waals surface area contributed by atoms with E-state index in [4.69, 9.17) is 21.1 Å². The summed E-state index contributed by atoms with van der Waals surface area (Å²) in [6, 6.07) is 7.31. The van der Waals surface area contributed by atoms with Crippen molar-refractivity contribution in [3.05, 3.63) is 35.0 Å². The van der Waals surface area contributed by atoms with Crippen LogP contribution in [0.3, 0.4) is 0 Å². The molecule has 1 aliphatic rings. The van der Waals surface area contributed by atoms with E-state index in [1.165, 1.54) is 0 Å². The van der Waals surface area contributed by atoms with E-state index in [2.05, 4.69) is 25.5 Å². The van der Waals surface area contributed by atoms with E-state index < -0.39 is 0 Å². The zero-order valence-corrected chi connectivity index (χ0v) is 15.8. The molecule has 1 fully saturated rings. The first-order valence-electron chi connectivity index (χ1n) is 8.64. The molecule has 0 spiro atoms. The van der Waals surface area contributed by atoms with Crippen LogP contribution in [-0.4, -0.2) is 61.4 Å². The zero-order valence-electron chi connectivity index (χ0n) is 15.1. The molecule has 1 saturated heterocycles. The molecule has 8 heteroatoms. The lowest BCUT2D eigenvalue weighted by Gasteiger charge is -2.26. The number of nitrogens with one attached hydrogen (secondary N) is 2. The Morgan fingerprint density at radius 3 is 2.81 bits per heavy atom. The van der Waals surface area contributed by atoms with Crippen molar-refractivity contribution < 1.29 is 9.47 Å². The van der Waals surface area contributed by atoms with Crippen LogP contribution in [0, 0.1) is 6.92 Å². The number of rotatable bonds is 7. The largest absolute Gasteiger partial charge is 0.495 e. The van der Waals surface area contributed by atoms with Crippen molar-refractivity contribution in [2.75, 3.05) is 57.1 Å². The van der Waals surface area contributed by atoms with Crippen LogP contribution in [0.4, 0.5) is 17.5 Å². The van der Waals surface area contributed by atoms with Gasteiger partial charge in [-0.3, -0.25) is 4.90 Å². The van der Waals surface area contributed by atoms with E-state index in [0.717, 1.165) is 56.6 Å². The smallest absolute Gasteiger partial charge is 0.229 e. The first kappa shape index (κ1) is 18.7. The van der Waals surface area contributed by atoms with Gasteiger partial charge in [0.1, 0.15) is 11.6 Å². The molecule has 0 bridgehead atoms. The lowest BCUT2D eigenvalue weighted by molar-refractivity contribution is 0.0398. The number of methoxy groups -OCH3 is 1. The predicted molar refractivity (Wildman–Crippen MR) is 104 cm³/mol. The quantitative estimate of drug-likeness (QED) is 0.768. The molecule has 7 nitrogen and oxygen atoms in total. The fourth-order valence-electron chi connectivity index (χ4n) is 2.78. The third-order valence-corrected chi connectivity index (χ3v) is 4.34. The molecule has 0 atom stereocenters. The summed E-state index contributed by atoms with van der Waals surface area (Å²) in [7, 11) is 1.62. The highest BCUT2D eigenvalue weighted by atomic mass is 35.5. The average molecular weight is 378 g/mol. The minimum atomic E-state index is 0.499. The molecule has 1 aromatic heterocycles. The Morgan fingerprint density at radius 1 is 1.23 bits per heavy atom. The Morgan fingerprint density at radius 2 is 2.04 bits per heavy atom. The molecule has 0 unspecified atom stereocenters. The maximum Gasteiger partial charge on any atom is 0.229 e. The molecule has 2 N–H and O–H groups in total. The summed E-state index contributed by atoms with van der Waals surface area (Å²) in [5.41, 5.74) is 1.60. The standard InChI is InChI=1S/C18H24ClN5O2/c1-13-11-17(20-5-6-24-7-9-26-10-8-24)23-18(21-13)22-15-12-14(19)3-4-16(15)25-2/h3-4,11-12H,5-10H2,1-2H3,(H2,20,21,22,23). The first-order valence-corrected chi connectivity index (χ1v) is 9.02. The fraction of sp³-hybridized carbons (Fsp3) is 0.444. The number of hydrogen-bond acceptors (Lipinski definition) is 7. The second-order valence-electron chi connectivity index (χ2n) is 6.07. The molecule has 3 rings (SSSR count). The summed E-state index contributed by atoms with van der Waals surface area (Å²) in [5.74, 6) is 1.97. The third kappa shape index (κ3) is 5.20. The van der Waals surface area contributed by atoms with Crippen LogP contribution in [0.2, 0.25) is 5.02 Å². The summed E-state index contributed by atoms with van der Waals surface area (Å²) >= 11 is 6.08. The molecule has 0 saturated carbocycles. The van der Waals surface area contributed by atoms with Crippen LogP contribution in [0.1, 0.15) is 5.69 Å². The van der Waals surface area contributed by atoms with Crippen LogP contribution in [0.5, 0.6) is 5.75 Å². The minimum absolute atomic E-state index is 0.499. The Balaban J connectivity index is 1.64. The van der Waals surface area contributed by atoms with Crippen LogP contribution in [-0.2, 0) is 4.74 Å². The molecule has 26 heavy (non-hydrogen) atoms. The fourth-order valence-corrected chi connectivity index (χ4v) is 2.95. The SMILES string of the molecule is COc1ccc(Cl)cc1Nc1nc(C)cc(NCCN2CCOCC2)n1. The Hall–Kier alpha value is -2.09. The van der Waals surface area contributed by atoms with Gasteiger partial charge in [-0.2, -0.15) is 4.98 Å². The molecule has 1 aliphatic heterocycles. The van der Waals surface area contributed by atoms with Gasteiger partial charge in [-0.15, -0.1) is 0 Å². The van der Waals surface area contributed by atoms with Gasteiger partial charge in [-0.25, -0.2) is 4.98 Å². The normalized spacial score (nSPS) is 14.9. The van der Waals surface area contributed by atoms with E-state index in [0.29, 0.717) is 16.7 Å². The predicted octanol–water partition coefficient (Wildman–Crippen LogP) is 2.93. The van der Waals surface area contributed by atoms with Gasteiger partial charge in [-0.05, 0) is 25.1 Å². The number of aryl methyl sites for hydroxylation is 1. The number of hydrogen-bond donors (Lipinski definition) is 2. The first-order chi connectivity index (χ1) is 12.6. The second kappa shape index (κ2) is 9.02. The topological polar surface area (TPSA) is 71.5 Å². The van der Waals surface area contributed by atoms with Gasteiger partial charge in [0.2, 0.25) is 5.95 Å². The summed E-state index contributed by atoms with van der Waals surface area (Å²) in [5, 5.41) is 7.17. The maximum absolute atomic E-state index is 6.08. The van der Waals surface area contributed by atoms with Gasteiger partial charge >= 0.3 is 0 Å². The number of morpholine rings is 1. The third-order valence-electron chi connectivity index (χ3n) is 4.10. The van der Waals surface area contributed by atoms with Gasteiger partial charge in [-0.1, -0.05) is 11.6 Å². The maximum atomic E-state index is 6.08. The van der Waals surface area contributed by atoms with E-state index in [1.807, 2.05) is 19.1 Å². The van der Waals surface area contributed by atoms with Gasteiger partial charge in [0.05, 0.1) is 26.0 Å². The second-order valence-corrected chi connectivity index (χ2v) is 6.51. The molecular weight excluding hydrogens is 354 g/mol. The lowest BCUT2D eigenvalue weighted by Crippen LogP contribution is -2.39. The summed E-state index contributed by atoms with van der Waals surface area (Å²) in [6.45, 7) is 7.28. The van der Waals surface area contributed by atoms with Gasteiger partial charge in [0.25, 0.3) is 0 Å². The molecule has 140 valence electrons. The van der Waals surface area contributed by atoms with E-state index >= 15 is 0 Å². The molecule has 2 aromatic rings. The number of ether oxygens (including phenoxy) is 2. The summed E-state index contributed by atoms with van der Waals surface area (Å²) in [6.07, 6.45) is 0. The number of nitrogens with zero attached hydrogens (tertiary/aromatic N) is 3. The molecule has 2 heterocycles. The van der Waals surface area contributed by atoms with Crippen molar-refractivity contribution in [1.29, 1.82) is 0 Å². The number of halogens is 1. The van der Waals surface area contributed by atoms with E-state index in [-0.39, 0.29) is 0 Å². The Bertz CT molecular complexity index is 738. The molecule has 0 aliphatic carbocycles. The zero-order chi connectivity index (χ0) is 18.4. The van der Waals surface area contributed by atoms with Crippen molar-refractivity contribution in [2.24, 2.45) is 0 Å². The average Bonchev–Trinajstić information content (AvgIpc) is 2.62. The number of anilines is 3. The molecule has 0 radical (unpaired) electrons. The van der Waals surface area contributed by atoms with E-state index in [1.54, 1.807) is 19.2 Å².